The number of ether oxygens (including phenoxy) is 2. The maximum absolute atomic E-state index is 12.2. The molecule has 0 aromatic heterocycles. The van der Waals surface area contributed by atoms with E-state index >= 15 is 0 Å². The van der Waals surface area contributed by atoms with Crippen molar-refractivity contribution in [3.63, 3.8) is 0 Å². The van der Waals surface area contributed by atoms with Gasteiger partial charge < -0.3 is 25.4 Å². The van der Waals surface area contributed by atoms with Gasteiger partial charge in [0, 0.05) is 18.0 Å². The lowest BCUT2D eigenvalue weighted by Gasteiger charge is -2.26. The maximum Gasteiger partial charge on any atom is 0.410 e. The van der Waals surface area contributed by atoms with Gasteiger partial charge in [0.05, 0.1) is 6.54 Å². The number of anilines is 1. The van der Waals surface area contributed by atoms with E-state index in [0.717, 1.165) is 17.4 Å². The highest BCUT2D eigenvalue weighted by atomic mass is 32.2. The average molecular weight is 495 g/mol. The Morgan fingerprint density at radius 2 is 1.91 bits per heavy atom. The molecule has 1 aliphatic rings. The van der Waals surface area contributed by atoms with Crippen LogP contribution in [-0.2, 0) is 4.74 Å². The number of amides is 1. The normalized spacial score (nSPS) is 15.1. The third-order valence-corrected chi connectivity index (χ3v) is 6.39. The Hall–Kier alpha value is -2.00. The fourth-order valence-electron chi connectivity index (χ4n) is 3.45. The molecule has 0 atom stereocenters. The lowest BCUT2D eigenvalue weighted by atomic mass is 9.91. The molecule has 0 unspecified atom stereocenters. The van der Waals surface area contributed by atoms with Gasteiger partial charge in [-0.1, -0.05) is 31.0 Å². The molecule has 1 aromatic carbocycles. The van der Waals surface area contributed by atoms with Crippen molar-refractivity contribution in [2.24, 2.45) is 16.6 Å². The predicted molar refractivity (Wildman–Crippen MR) is 142 cm³/mol. The van der Waals surface area contributed by atoms with E-state index in [1.165, 1.54) is 32.1 Å². The van der Waals surface area contributed by atoms with Crippen LogP contribution in [0.15, 0.2) is 29.3 Å². The largest absolute Gasteiger partial charge is 0.492 e. The Bertz CT molecular complexity index is 788. The SMILES string of the molecule is CCN(CCOc1ccc(NC(=S)/N=C(\N)SCC2CCCCC2)cc1)C(=O)OC(C)(C)C. The van der Waals surface area contributed by atoms with Crippen molar-refractivity contribution in [1.29, 1.82) is 0 Å². The first-order valence-corrected chi connectivity index (χ1v) is 13.0. The highest BCUT2D eigenvalue weighted by Crippen LogP contribution is 2.26. The zero-order valence-electron chi connectivity index (χ0n) is 20.3. The summed E-state index contributed by atoms with van der Waals surface area (Å²) < 4.78 is 11.2. The van der Waals surface area contributed by atoms with Gasteiger partial charge in [0.1, 0.15) is 18.0 Å². The van der Waals surface area contributed by atoms with Crippen molar-refractivity contribution in [2.75, 3.05) is 30.8 Å². The van der Waals surface area contributed by atoms with Crippen LogP contribution in [0.1, 0.15) is 59.8 Å². The summed E-state index contributed by atoms with van der Waals surface area (Å²) in [6, 6.07) is 7.43. The van der Waals surface area contributed by atoms with Crippen LogP contribution in [0.5, 0.6) is 5.75 Å². The van der Waals surface area contributed by atoms with Gasteiger partial charge in [0.25, 0.3) is 0 Å². The van der Waals surface area contributed by atoms with Crippen LogP contribution in [-0.4, -0.2) is 52.3 Å². The standard InChI is InChI=1S/C24H38N4O3S2/c1-5-28(23(29)31-24(2,3)4)15-16-30-20-13-11-19(12-14-20)26-22(32)27-21(25)33-17-18-9-7-6-8-10-18/h11-14,18H,5-10,15-17H2,1-4H3,(H3,25,26,27,32). The molecule has 1 amide bonds. The zero-order chi connectivity index (χ0) is 24.3. The lowest BCUT2D eigenvalue weighted by Crippen LogP contribution is -2.38. The van der Waals surface area contributed by atoms with Crippen molar-refractivity contribution < 1.29 is 14.3 Å². The number of thiocarbonyl (C=S) groups is 1. The van der Waals surface area contributed by atoms with E-state index in [-0.39, 0.29) is 6.09 Å². The molecule has 0 heterocycles. The first-order valence-electron chi connectivity index (χ1n) is 11.6. The second-order valence-electron chi connectivity index (χ2n) is 9.13. The summed E-state index contributed by atoms with van der Waals surface area (Å²) in [6.45, 7) is 8.85. The molecule has 184 valence electrons. The molecule has 7 nitrogen and oxygen atoms in total. The number of nitrogens with zero attached hydrogens (tertiary/aromatic N) is 2. The third-order valence-electron chi connectivity index (χ3n) is 5.17. The summed E-state index contributed by atoms with van der Waals surface area (Å²) in [5, 5.41) is 3.93. The van der Waals surface area contributed by atoms with Crippen molar-refractivity contribution >= 4 is 46.0 Å². The molecule has 9 heteroatoms. The minimum absolute atomic E-state index is 0.335. The Morgan fingerprint density at radius 1 is 1.24 bits per heavy atom. The Morgan fingerprint density at radius 3 is 2.52 bits per heavy atom. The predicted octanol–water partition coefficient (Wildman–Crippen LogP) is 5.65. The van der Waals surface area contributed by atoms with E-state index in [1.54, 1.807) is 16.7 Å². The van der Waals surface area contributed by atoms with Gasteiger partial charge in [-0.25, -0.2) is 4.79 Å². The van der Waals surface area contributed by atoms with Crippen LogP contribution in [0.25, 0.3) is 0 Å². The molecular formula is C24H38N4O3S2. The van der Waals surface area contributed by atoms with Gasteiger partial charge in [-0.05, 0) is 82.9 Å². The molecule has 0 spiro atoms. The van der Waals surface area contributed by atoms with Crippen LogP contribution in [0.3, 0.4) is 0 Å². The first kappa shape index (κ1) is 27.2. The quantitative estimate of drug-likeness (QED) is 0.274. The van der Waals surface area contributed by atoms with E-state index in [9.17, 15) is 4.79 Å². The molecule has 1 aliphatic carbocycles. The lowest BCUT2D eigenvalue weighted by molar-refractivity contribution is 0.0237. The van der Waals surface area contributed by atoms with E-state index in [2.05, 4.69) is 10.3 Å². The smallest absolute Gasteiger partial charge is 0.410 e. The Balaban J connectivity index is 1.74. The molecule has 2 rings (SSSR count). The average Bonchev–Trinajstić information content (AvgIpc) is 2.76. The molecular weight excluding hydrogens is 456 g/mol. The first-order chi connectivity index (χ1) is 15.7. The molecule has 0 radical (unpaired) electrons. The van der Waals surface area contributed by atoms with E-state index in [0.29, 0.717) is 35.7 Å². The summed E-state index contributed by atoms with van der Waals surface area (Å²) in [5.74, 6) is 2.45. The zero-order valence-corrected chi connectivity index (χ0v) is 21.9. The number of carbonyl (C=O) groups excluding carboxylic acids is 1. The number of amidine groups is 1. The molecule has 0 aliphatic heterocycles. The second kappa shape index (κ2) is 13.6. The van der Waals surface area contributed by atoms with Crippen molar-refractivity contribution in [1.82, 2.24) is 4.90 Å². The Kier molecular flexibility index (Phi) is 11.3. The van der Waals surface area contributed by atoms with E-state index in [1.807, 2.05) is 52.0 Å². The van der Waals surface area contributed by atoms with E-state index in [4.69, 9.17) is 27.4 Å². The van der Waals surface area contributed by atoms with Gasteiger partial charge in [-0.15, -0.1) is 0 Å². The van der Waals surface area contributed by atoms with Crippen molar-refractivity contribution in [3.05, 3.63) is 24.3 Å². The summed E-state index contributed by atoms with van der Waals surface area (Å²) in [4.78, 5) is 18.1. The highest BCUT2D eigenvalue weighted by Gasteiger charge is 2.21. The highest BCUT2D eigenvalue weighted by molar-refractivity contribution is 8.13. The van der Waals surface area contributed by atoms with Crippen LogP contribution in [0.2, 0.25) is 0 Å². The van der Waals surface area contributed by atoms with Gasteiger partial charge in [0.2, 0.25) is 0 Å². The maximum atomic E-state index is 12.2. The van der Waals surface area contributed by atoms with Gasteiger partial charge in [-0.3, -0.25) is 0 Å². The summed E-state index contributed by atoms with van der Waals surface area (Å²) in [7, 11) is 0. The van der Waals surface area contributed by atoms with Crippen LogP contribution in [0.4, 0.5) is 10.5 Å². The van der Waals surface area contributed by atoms with Gasteiger partial charge in [-0.2, -0.15) is 4.99 Å². The molecule has 3 N–H and O–H groups in total. The minimum atomic E-state index is -0.516. The van der Waals surface area contributed by atoms with E-state index < -0.39 is 5.60 Å². The molecule has 0 bridgehead atoms. The number of nitrogens with two attached hydrogens (primary N) is 1. The fourth-order valence-corrected chi connectivity index (χ4v) is 4.62. The number of benzene rings is 1. The van der Waals surface area contributed by atoms with Crippen molar-refractivity contribution in [2.45, 2.75) is 65.4 Å². The summed E-state index contributed by atoms with van der Waals surface area (Å²) >= 11 is 6.90. The second-order valence-corrected chi connectivity index (χ2v) is 10.6. The third kappa shape index (κ3) is 11.1. The monoisotopic (exact) mass is 494 g/mol. The molecule has 0 saturated heterocycles. The van der Waals surface area contributed by atoms with Crippen LogP contribution < -0.4 is 15.8 Å². The minimum Gasteiger partial charge on any atom is -0.492 e. The number of aliphatic imine (C=N–C) groups is 1. The number of likely N-dealkylation sites (N-methyl/N-ethyl adjacent to an activating group) is 1. The molecule has 1 fully saturated rings. The van der Waals surface area contributed by atoms with Gasteiger partial charge >= 0.3 is 6.09 Å². The number of thioether (sulfide) groups is 1. The number of nitrogens with one attached hydrogen (secondary N) is 1. The number of hydrogen-bond donors (Lipinski definition) is 2. The molecule has 1 saturated carbocycles. The van der Waals surface area contributed by atoms with Crippen LogP contribution in [0, 0.1) is 5.92 Å². The summed E-state index contributed by atoms with van der Waals surface area (Å²) in [6.07, 6.45) is 6.24. The number of carbonyl (C=O) groups is 1. The molecule has 33 heavy (non-hydrogen) atoms. The number of rotatable bonds is 8. The topological polar surface area (TPSA) is 89.2 Å². The van der Waals surface area contributed by atoms with Crippen LogP contribution >= 0.6 is 24.0 Å². The van der Waals surface area contributed by atoms with Crippen molar-refractivity contribution in [3.8, 4) is 5.75 Å². The fraction of sp³-hybridized carbons (Fsp3) is 0.625. The van der Waals surface area contributed by atoms with Gasteiger partial charge in [0.15, 0.2) is 10.3 Å². The number of hydrogen-bond acceptors (Lipinski definition) is 5. The molecule has 1 aromatic rings. The Labute approximate surface area is 207 Å². The summed E-state index contributed by atoms with van der Waals surface area (Å²) in [5.41, 5.74) is 6.34.